The monoisotopic (exact) mass is 439 g/mol. The number of allylic oxidation sites excluding steroid dienone is 1. The number of benzene rings is 2. The summed E-state index contributed by atoms with van der Waals surface area (Å²) in [6, 6.07) is 12.5. The number of nitrogens with one attached hydrogen (secondary N) is 1. The number of anilines is 1. The van der Waals surface area contributed by atoms with Gasteiger partial charge in [0, 0.05) is 22.2 Å². The fourth-order valence-corrected chi connectivity index (χ4v) is 3.64. The van der Waals surface area contributed by atoms with Crippen molar-refractivity contribution in [1.82, 2.24) is 4.98 Å². The van der Waals surface area contributed by atoms with Gasteiger partial charge in [-0.3, -0.25) is 0 Å². The van der Waals surface area contributed by atoms with Gasteiger partial charge >= 0.3 is 0 Å². The molecule has 0 saturated heterocycles. The summed E-state index contributed by atoms with van der Waals surface area (Å²) in [6.07, 6.45) is 1.56. The van der Waals surface area contributed by atoms with Crippen LogP contribution in [0.3, 0.4) is 0 Å². The first kappa shape index (κ1) is 19.0. The Labute approximate surface area is 174 Å². The summed E-state index contributed by atoms with van der Waals surface area (Å²) in [5, 5.41) is 16.8. The van der Waals surface area contributed by atoms with Crippen LogP contribution in [-0.2, 0) is 0 Å². The molecule has 0 aliphatic carbocycles. The molecule has 0 unspecified atom stereocenters. The highest BCUT2D eigenvalue weighted by Crippen LogP contribution is 2.31. The lowest BCUT2D eigenvalue weighted by atomic mass is 10.2. The molecule has 130 valence electrons. The number of nitriles is 1. The number of halogens is 4. The molecule has 0 aliphatic heterocycles. The molecule has 0 amide bonds. The van der Waals surface area contributed by atoms with E-state index in [2.05, 4.69) is 16.4 Å². The van der Waals surface area contributed by atoms with Crippen molar-refractivity contribution in [2.45, 2.75) is 0 Å². The van der Waals surface area contributed by atoms with Gasteiger partial charge < -0.3 is 5.32 Å². The van der Waals surface area contributed by atoms with Gasteiger partial charge in [-0.25, -0.2) is 4.98 Å². The van der Waals surface area contributed by atoms with Crippen LogP contribution in [0.2, 0.25) is 20.1 Å². The van der Waals surface area contributed by atoms with Crippen LogP contribution in [0.5, 0.6) is 0 Å². The van der Waals surface area contributed by atoms with Crippen LogP contribution >= 0.6 is 57.7 Å². The topological polar surface area (TPSA) is 48.7 Å². The first-order valence-corrected chi connectivity index (χ1v) is 9.60. The van der Waals surface area contributed by atoms with E-state index in [1.807, 2.05) is 11.4 Å². The van der Waals surface area contributed by atoms with Crippen molar-refractivity contribution in [1.29, 1.82) is 5.26 Å². The molecule has 3 aromatic rings. The quantitative estimate of drug-likeness (QED) is 0.430. The first-order chi connectivity index (χ1) is 12.5. The zero-order valence-electron chi connectivity index (χ0n) is 12.9. The van der Waals surface area contributed by atoms with Gasteiger partial charge in [-0.2, -0.15) is 5.26 Å². The van der Waals surface area contributed by atoms with E-state index in [0.717, 1.165) is 5.56 Å². The van der Waals surface area contributed by atoms with Crippen LogP contribution in [0.25, 0.3) is 16.8 Å². The maximum atomic E-state index is 9.45. The molecular formula is C18H9Cl4N3S. The third-order valence-corrected chi connectivity index (χ3v) is 5.54. The van der Waals surface area contributed by atoms with Crippen molar-refractivity contribution < 1.29 is 0 Å². The summed E-state index contributed by atoms with van der Waals surface area (Å²) < 4.78 is 0. The predicted molar refractivity (Wildman–Crippen MR) is 111 cm³/mol. The summed E-state index contributed by atoms with van der Waals surface area (Å²) in [4.78, 5) is 4.50. The highest BCUT2D eigenvalue weighted by Gasteiger charge is 2.10. The third-order valence-electron chi connectivity index (χ3n) is 3.37. The number of aromatic nitrogens is 1. The molecule has 26 heavy (non-hydrogen) atoms. The van der Waals surface area contributed by atoms with Gasteiger partial charge in [0.15, 0.2) is 0 Å². The maximum absolute atomic E-state index is 9.45. The molecule has 0 aliphatic rings. The summed E-state index contributed by atoms with van der Waals surface area (Å²) in [5.41, 5.74) is 2.57. The molecule has 0 fully saturated rings. The fraction of sp³-hybridized carbons (Fsp3) is 0. The van der Waals surface area contributed by atoms with Crippen LogP contribution in [-0.4, -0.2) is 4.98 Å². The van der Waals surface area contributed by atoms with E-state index < -0.39 is 0 Å². The van der Waals surface area contributed by atoms with E-state index in [9.17, 15) is 5.26 Å². The van der Waals surface area contributed by atoms with Crippen molar-refractivity contribution >= 4 is 69.0 Å². The van der Waals surface area contributed by atoms with Crippen LogP contribution < -0.4 is 5.32 Å². The van der Waals surface area contributed by atoms with Crippen molar-refractivity contribution in [3.8, 4) is 17.3 Å². The van der Waals surface area contributed by atoms with Gasteiger partial charge in [-0.05, 0) is 30.3 Å². The van der Waals surface area contributed by atoms with Crippen molar-refractivity contribution in [2.75, 3.05) is 5.32 Å². The lowest BCUT2D eigenvalue weighted by molar-refractivity contribution is 1.36. The second-order valence-electron chi connectivity index (χ2n) is 5.11. The average molecular weight is 441 g/mol. The Balaban J connectivity index is 1.86. The average Bonchev–Trinajstić information content (AvgIpc) is 3.09. The zero-order chi connectivity index (χ0) is 18.7. The summed E-state index contributed by atoms with van der Waals surface area (Å²) in [6.45, 7) is 0. The van der Waals surface area contributed by atoms with Crippen molar-refractivity contribution in [2.24, 2.45) is 0 Å². The summed E-state index contributed by atoms with van der Waals surface area (Å²) in [7, 11) is 0. The summed E-state index contributed by atoms with van der Waals surface area (Å²) >= 11 is 25.3. The van der Waals surface area contributed by atoms with Gasteiger partial charge in [0.05, 0.1) is 26.4 Å². The normalized spacial score (nSPS) is 11.3. The number of thiazole rings is 1. The van der Waals surface area contributed by atoms with Crippen molar-refractivity contribution in [3.63, 3.8) is 0 Å². The fourth-order valence-electron chi connectivity index (χ4n) is 2.08. The summed E-state index contributed by atoms with van der Waals surface area (Å²) in [5.74, 6) is 0. The predicted octanol–water partition coefficient (Wildman–Crippen LogP) is 7.40. The Hall–Kier alpha value is -1.74. The molecule has 1 heterocycles. The molecule has 0 spiro atoms. The smallest absolute Gasteiger partial charge is 0.136 e. The van der Waals surface area contributed by atoms with Gasteiger partial charge in [-0.15, -0.1) is 11.3 Å². The molecule has 3 rings (SSSR count). The van der Waals surface area contributed by atoms with Gasteiger partial charge in [0.2, 0.25) is 0 Å². The van der Waals surface area contributed by atoms with E-state index in [-0.39, 0.29) is 0 Å². The van der Waals surface area contributed by atoms with E-state index in [1.165, 1.54) is 11.3 Å². The SMILES string of the molecule is N#C/C(=C/Nc1ccc(Cl)cc1Cl)c1nc(-c2ccc(Cl)c(Cl)c2)cs1. The molecular weight excluding hydrogens is 432 g/mol. The molecule has 1 aromatic heterocycles. The maximum Gasteiger partial charge on any atom is 0.136 e. The van der Waals surface area contributed by atoms with Gasteiger partial charge in [-0.1, -0.05) is 52.5 Å². The third kappa shape index (κ3) is 4.32. The number of rotatable bonds is 4. The molecule has 0 bridgehead atoms. The Morgan fingerprint density at radius 3 is 2.54 bits per heavy atom. The highest BCUT2D eigenvalue weighted by atomic mass is 35.5. The molecule has 8 heteroatoms. The molecule has 0 atom stereocenters. The molecule has 0 radical (unpaired) electrons. The van der Waals surface area contributed by atoms with Gasteiger partial charge in [0.25, 0.3) is 0 Å². The Bertz CT molecular complexity index is 1040. The Morgan fingerprint density at radius 2 is 1.85 bits per heavy atom. The lowest BCUT2D eigenvalue weighted by Gasteiger charge is -2.04. The minimum atomic E-state index is 0.382. The number of hydrogen-bond acceptors (Lipinski definition) is 4. The number of hydrogen-bond donors (Lipinski definition) is 1. The standard InChI is InChI=1S/C18H9Cl4N3S/c19-12-2-4-16(15(22)6-12)24-8-11(7-23)18-25-17(9-26-18)10-1-3-13(20)14(21)5-10/h1-6,8-9,24H/b11-8-. The van der Waals surface area contributed by atoms with E-state index in [0.29, 0.717) is 42.1 Å². The number of nitrogens with zero attached hydrogens (tertiary/aromatic N) is 2. The van der Waals surface area contributed by atoms with Crippen LogP contribution in [0, 0.1) is 11.3 Å². The van der Waals surface area contributed by atoms with Crippen molar-refractivity contribution in [3.05, 3.63) is 73.1 Å². The van der Waals surface area contributed by atoms with Crippen LogP contribution in [0.1, 0.15) is 5.01 Å². The largest absolute Gasteiger partial charge is 0.359 e. The molecule has 0 saturated carbocycles. The molecule has 3 nitrogen and oxygen atoms in total. The minimum Gasteiger partial charge on any atom is -0.359 e. The van der Waals surface area contributed by atoms with Crippen LogP contribution in [0.4, 0.5) is 5.69 Å². The highest BCUT2D eigenvalue weighted by molar-refractivity contribution is 7.11. The van der Waals surface area contributed by atoms with Gasteiger partial charge in [0.1, 0.15) is 16.6 Å². The van der Waals surface area contributed by atoms with E-state index in [1.54, 1.807) is 36.5 Å². The molecule has 1 N–H and O–H groups in total. The Morgan fingerprint density at radius 1 is 1.04 bits per heavy atom. The zero-order valence-corrected chi connectivity index (χ0v) is 16.8. The minimum absolute atomic E-state index is 0.382. The van der Waals surface area contributed by atoms with E-state index >= 15 is 0 Å². The Kier molecular flexibility index (Phi) is 6.08. The first-order valence-electron chi connectivity index (χ1n) is 7.21. The second kappa shape index (κ2) is 8.30. The van der Waals surface area contributed by atoms with E-state index in [4.69, 9.17) is 46.4 Å². The second-order valence-corrected chi connectivity index (χ2v) is 7.62. The van der Waals surface area contributed by atoms with Crippen LogP contribution in [0.15, 0.2) is 48.0 Å². The molecule has 2 aromatic carbocycles. The lowest BCUT2D eigenvalue weighted by Crippen LogP contribution is -1.92.